The van der Waals surface area contributed by atoms with E-state index in [0.717, 1.165) is 0 Å². The smallest absolute Gasteiger partial charge is 0.101 e. The molecule has 1 aliphatic heterocycles. The summed E-state index contributed by atoms with van der Waals surface area (Å²) in [6.45, 7) is 9.43. The van der Waals surface area contributed by atoms with Gasteiger partial charge in [0.15, 0.2) is 0 Å². The molecule has 1 atom stereocenters. The van der Waals surface area contributed by atoms with Crippen LogP contribution in [0.4, 0.5) is 0 Å². The van der Waals surface area contributed by atoms with Gasteiger partial charge in [0.1, 0.15) is 6.17 Å². The first kappa shape index (κ1) is 28.4. The molecule has 0 aliphatic carbocycles. The van der Waals surface area contributed by atoms with E-state index in [-0.39, 0.29) is 0 Å². The third-order valence-electron chi connectivity index (χ3n) is 7.07. The first-order valence-electron chi connectivity index (χ1n) is 14.5. The maximum absolute atomic E-state index is 2.64. The number of nitrogens with zero attached hydrogens (tertiary/aromatic N) is 2. The molecule has 0 saturated heterocycles. The highest BCUT2D eigenvalue weighted by Crippen LogP contribution is 2.23. The lowest BCUT2D eigenvalue weighted by Gasteiger charge is -2.33. The maximum Gasteiger partial charge on any atom is 0.101 e. The van der Waals surface area contributed by atoms with E-state index in [2.05, 4.69) is 43.0 Å². The molecule has 0 N–H and O–H groups in total. The molecule has 0 radical (unpaired) electrons. The number of unbranched alkanes of at least 4 members (excludes halogenated alkanes) is 17. The van der Waals surface area contributed by atoms with Gasteiger partial charge >= 0.3 is 0 Å². The summed E-state index contributed by atoms with van der Waals surface area (Å²) >= 11 is 0. The second-order valence-corrected chi connectivity index (χ2v) is 10.1. The van der Waals surface area contributed by atoms with E-state index in [4.69, 9.17) is 0 Å². The molecular formula is C29H58N2. The van der Waals surface area contributed by atoms with Crippen LogP contribution in [0.5, 0.6) is 0 Å². The summed E-state index contributed by atoms with van der Waals surface area (Å²) in [5.41, 5.74) is 0. The molecule has 0 amide bonds. The Labute approximate surface area is 197 Å². The summed E-state index contributed by atoms with van der Waals surface area (Å²) in [4.78, 5) is 5.26. The highest BCUT2D eigenvalue weighted by molar-refractivity contribution is 4.96. The molecule has 0 bridgehead atoms. The average Bonchev–Trinajstić information content (AvgIpc) is 3.16. The third-order valence-corrected chi connectivity index (χ3v) is 7.07. The Bertz CT molecular complexity index is 392. The minimum absolute atomic E-state index is 0.642. The van der Waals surface area contributed by atoms with Gasteiger partial charge in [0, 0.05) is 25.5 Å². The van der Waals surface area contributed by atoms with Crippen molar-refractivity contribution < 1.29 is 0 Å². The summed E-state index contributed by atoms with van der Waals surface area (Å²) in [6.07, 6.45) is 35.1. The maximum atomic E-state index is 2.64. The standard InChI is InChI=1S/C29H58N2/c1-4-7-10-11-12-13-14-15-16-17-18-19-20-21-23-26-31-28-27-30(25-22-8-5-2)29(31)24-9-6-3/h27-29H,4-26H2,1-3H3. The van der Waals surface area contributed by atoms with Crippen LogP contribution < -0.4 is 0 Å². The van der Waals surface area contributed by atoms with Crippen molar-refractivity contribution in [2.45, 2.75) is 162 Å². The zero-order valence-corrected chi connectivity index (χ0v) is 21.9. The van der Waals surface area contributed by atoms with Crippen LogP contribution in [0, 0.1) is 0 Å². The van der Waals surface area contributed by atoms with E-state index in [1.165, 1.54) is 148 Å². The van der Waals surface area contributed by atoms with Crippen molar-refractivity contribution in [2.24, 2.45) is 0 Å². The summed E-state index contributed by atoms with van der Waals surface area (Å²) in [5, 5.41) is 0. The van der Waals surface area contributed by atoms with E-state index < -0.39 is 0 Å². The van der Waals surface area contributed by atoms with Crippen molar-refractivity contribution in [2.75, 3.05) is 13.1 Å². The normalized spacial score (nSPS) is 16.0. The van der Waals surface area contributed by atoms with E-state index in [0.29, 0.717) is 6.17 Å². The summed E-state index contributed by atoms with van der Waals surface area (Å²) < 4.78 is 0. The van der Waals surface area contributed by atoms with Crippen LogP contribution in [0.1, 0.15) is 156 Å². The van der Waals surface area contributed by atoms with Crippen LogP contribution in [-0.4, -0.2) is 29.1 Å². The third kappa shape index (κ3) is 14.9. The summed E-state index contributed by atoms with van der Waals surface area (Å²) in [5.74, 6) is 0. The van der Waals surface area contributed by atoms with E-state index in [1.807, 2.05) is 0 Å². The van der Waals surface area contributed by atoms with Crippen molar-refractivity contribution in [3.8, 4) is 0 Å². The predicted octanol–water partition coefficient (Wildman–Crippen LogP) is 9.65. The molecule has 31 heavy (non-hydrogen) atoms. The lowest BCUT2D eigenvalue weighted by atomic mass is 10.0. The zero-order chi connectivity index (χ0) is 22.4. The Balaban J connectivity index is 1.97. The fourth-order valence-corrected chi connectivity index (χ4v) is 4.94. The van der Waals surface area contributed by atoms with Crippen LogP contribution in [-0.2, 0) is 0 Å². The van der Waals surface area contributed by atoms with Gasteiger partial charge in [-0.15, -0.1) is 0 Å². The van der Waals surface area contributed by atoms with Gasteiger partial charge in [-0.1, -0.05) is 130 Å². The molecule has 2 heteroatoms. The number of rotatable bonds is 23. The van der Waals surface area contributed by atoms with Crippen LogP contribution in [0.2, 0.25) is 0 Å². The van der Waals surface area contributed by atoms with Gasteiger partial charge in [-0.25, -0.2) is 0 Å². The van der Waals surface area contributed by atoms with Crippen molar-refractivity contribution in [1.29, 1.82) is 0 Å². The molecular weight excluding hydrogens is 376 g/mol. The quantitative estimate of drug-likeness (QED) is 0.148. The van der Waals surface area contributed by atoms with Crippen LogP contribution >= 0.6 is 0 Å². The summed E-state index contributed by atoms with van der Waals surface area (Å²) in [6, 6.07) is 0. The molecule has 0 saturated carbocycles. The first-order valence-corrected chi connectivity index (χ1v) is 14.5. The Morgan fingerprint density at radius 1 is 0.419 bits per heavy atom. The Kier molecular flexibility index (Phi) is 19.4. The van der Waals surface area contributed by atoms with E-state index in [1.54, 1.807) is 0 Å². The van der Waals surface area contributed by atoms with Gasteiger partial charge in [0.05, 0.1) is 0 Å². The topological polar surface area (TPSA) is 6.48 Å². The number of hydrogen-bond acceptors (Lipinski definition) is 2. The van der Waals surface area contributed by atoms with Crippen molar-refractivity contribution in [3.05, 3.63) is 12.4 Å². The van der Waals surface area contributed by atoms with Crippen molar-refractivity contribution in [3.63, 3.8) is 0 Å². The minimum Gasteiger partial charge on any atom is -0.356 e. The molecule has 0 fully saturated rings. The molecule has 184 valence electrons. The Morgan fingerprint density at radius 3 is 1.16 bits per heavy atom. The van der Waals surface area contributed by atoms with E-state index in [9.17, 15) is 0 Å². The molecule has 0 aromatic carbocycles. The lowest BCUT2D eigenvalue weighted by molar-refractivity contribution is 0.136. The van der Waals surface area contributed by atoms with Gasteiger partial charge in [-0.3, -0.25) is 0 Å². The fraction of sp³-hybridized carbons (Fsp3) is 0.931. The van der Waals surface area contributed by atoms with Gasteiger partial charge in [0.2, 0.25) is 0 Å². The largest absolute Gasteiger partial charge is 0.356 e. The average molecular weight is 435 g/mol. The van der Waals surface area contributed by atoms with Gasteiger partial charge < -0.3 is 9.80 Å². The van der Waals surface area contributed by atoms with Gasteiger partial charge in [-0.2, -0.15) is 0 Å². The molecule has 1 unspecified atom stereocenters. The highest BCUT2D eigenvalue weighted by atomic mass is 15.4. The minimum atomic E-state index is 0.642. The van der Waals surface area contributed by atoms with Crippen LogP contribution in [0.25, 0.3) is 0 Å². The second kappa shape index (κ2) is 21.2. The number of hydrogen-bond donors (Lipinski definition) is 0. The van der Waals surface area contributed by atoms with Crippen LogP contribution in [0.15, 0.2) is 12.4 Å². The molecule has 2 nitrogen and oxygen atoms in total. The second-order valence-electron chi connectivity index (χ2n) is 10.1. The summed E-state index contributed by atoms with van der Waals surface area (Å²) in [7, 11) is 0. The zero-order valence-electron chi connectivity index (χ0n) is 21.9. The lowest BCUT2D eigenvalue weighted by Crippen LogP contribution is -2.39. The van der Waals surface area contributed by atoms with Gasteiger partial charge in [-0.05, 0) is 25.7 Å². The van der Waals surface area contributed by atoms with Gasteiger partial charge in [0.25, 0.3) is 0 Å². The molecule has 1 rings (SSSR count). The molecule has 0 spiro atoms. The fourth-order valence-electron chi connectivity index (χ4n) is 4.94. The molecule has 0 aromatic rings. The first-order chi connectivity index (χ1) is 15.3. The SMILES string of the molecule is CCCCCCCCCCCCCCCCCN1C=CN(CCCCC)C1CCCC. The molecule has 1 heterocycles. The monoisotopic (exact) mass is 434 g/mol. The molecule has 0 aromatic heterocycles. The highest BCUT2D eigenvalue weighted by Gasteiger charge is 2.24. The van der Waals surface area contributed by atoms with Crippen LogP contribution in [0.3, 0.4) is 0 Å². The van der Waals surface area contributed by atoms with Crippen molar-refractivity contribution in [1.82, 2.24) is 9.80 Å². The van der Waals surface area contributed by atoms with Crippen molar-refractivity contribution >= 4 is 0 Å². The predicted molar refractivity (Wildman–Crippen MR) is 140 cm³/mol. The Morgan fingerprint density at radius 2 is 0.742 bits per heavy atom. The Hall–Kier alpha value is -0.660. The van der Waals surface area contributed by atoms with E-state index >= 15 is 0 Å². The molecule has 1 aliphatic rings.